The maximum atomic E-state index is 13.7. The number of halogens is 1. The normalized spacial score (nSPS) is 16.7. The van der Waals surface area contributed by atoms with Crippen LogP contribution in [0, 0.1) is 12.7 Å². The van der Waals surface area contributed by atoms with Gasteiger partial charge in [0.2, 0.25) is 0 Å². The van der Waals surface area contributed by atoms with Crippen molar-refractivity contribution in [3.05, 3.63) is 47.1 Å². The minimum atomic E-state index is -0.302. The van der Waals surface area contributed by atoms with E-state index in [-0.39, 0.29) is 5.82 Å². The average Bonchev–Trinajstić information content (AvgIpc) is 2.95. The van der Waals surface area contributed by atoms with Crippen molar-refractivity contribution in [1.82, 2.24) is 15.0 Å². The van der Waals surface area contributed by atoms with Crippen LogP contribution in [0.2, 0.25) is 0 Å². The number of ether oxygens (including phenoxy) is 1. The smallest absolute Gasteiger partial charge is 0.165 e. The van der Waals surface area contributed by atoms with Crippen LogP contribution in [0.25, 0.3) is 0 Å². The van der Waals surface area contributed by atoms with Crippen molar-refractivity contribution in [2.24, 2.45) is 0 Å². The van der Waals surface area contributed by atoms with Crippen molar-refractivity contribution in [3.63, 3.8) is 0 Å². The topological polar surface area (TPSA) is 41.7 Å². The van der Waals surface area contributed by atoms with Crippen molar-refractivity contribution >= 4 is 0 Å². The number of hydrogen-bond donors (Lipinski definition) is 0. The van der Waals surface area contributed by atoms with Crippen LogP contribution in [0.4, 0.5) is 4.39 Å². The van der Waals surface area contributed by atoms with Gasteiger partial charge in [-0.1, -0.05) is 11.2 Å². The summed E-state index contributed by atoms with van der Waals surface area (Å²) < 4.78 is 24.0. The first-order chi connectivity index (χ1) is 11.1. The summed E-state index contributed by atoms with van der Waals surface area (Å²) in [4.78, 5) is 4.69. The SMILES string of the molecule is COc1ccc(CN2CCN(Cc3cc(C)no3)CC2)cc1F. The Balaban J connectivity index is 1.50. The number of nitrogens with zero attached hydrogens (tertiary/aromatic N) is 3. The zero-order valence-electron chi connectivity index (χ0n) is 13.6. The van der Waals surface area contributed by atoms with Crippen molar-refractivity contribution < 1.29 is 13.7 Å². The van der Waals surface area contributed by atoms with Crippen molar-refractivity contribution in [3.8, 4) is 5.75 Å². The maximum absolute atomic E-state index is 13.7. The number of aromatic nitrogens is 1. The second kappa shape index (κ2) is 7.10. The molecule has 1 aromatic heterocycles. The molecule has 1 saturated heterocycles. The number of benzene rings is 1. The summed E-state index contributed by atoms with van der Waals surface area (Å²) in [6.45, 7) is 7.35. The molecule has 0 atom stereocenters. The van der Waals surface area contributed by atoms with Crippen molar-refractivity contribution in [1.29, 1.82) is 0 Å². The van der Waals surface area contributed by atoms with E-state index in [1.165, 1.54) is 7.11 Å². The minimum Gasteiger partial charge on any atom is -0.494 e. The summed E-state index contributed by atoms with van der Waals surface area (Å²) in [5.74, 6) is 0.901. The Kier molecular flexibility index (Phi) is 4.93. The highest BCUT2D eigenvalue weighted by molar-refractivity contribution is 5.29. The lowest BCUT2D eigenvalue weighted by molar-refractivity contribution is 0.113. The Hall–Kier alpha value is -1.92. The van der Waals surface area contributed by atoms with Gasteiger partial charge in [-0.2, -0.15) is 0 Å². The molecule has 124 valence electrons. The molecule has 0 spiro atoms. The maximum Gasteiger partial charge on any atom is 0.165 e. The predicted molar refractivity (Wildman–Crippen MR) is 84.7 cm³/mol. The summed E-state index contributed by atoms with van der Waals surface area (Å²) in [6.07, 6.45) is 0. The van der Waals surface area contributed by atoms with Crippen LogP contribution in [0.1, 0.15) is 17.0 Å². The molecule has 0 radical (unpaired) electrons. The van der Waals surface area contributed by atoms with Gasteiger partial charge in [0.05, 0.1) is 19.3 Å². The highest BCUT2D eigenvalue weighted by atomic mass is 19.1. The summed E-state index contributed by atoms with van der Waals surface area (Å²) in [6, 6.07) is 7.15. The molecule has 0 unspecified atom stereocenters. The molecule has 1 aliphatic heterocycles. The lowest BCUT2D eigenvalue weighted by Crippen LogP contribution is -2.45. The van der Waals surface area contributed by atoms with E-state index in [1.807, 2.05) is 19.1 Å². The third kappa shape index (κ3) is 4.09. The van der Waals surface area contributed by atoms with Crippen LogP contribution < -0.4 is 4.74 Å². The number of piperazine rings is 1. The van der Waals surface area contributed by atoms with E-state index in [9.17, 15) is 4.39 Å². The highest BCUT2D eigenvalue weighted by Crippen LogP contribution is 2.19. The second-order valence-electron chi connectivity index (χ2n) is 5.96. The van der Waals surface area contributed by atoms with Crippen LogP contribution in [-0.2, 0) is 13.1 Å². The first-order valence-electron chi connectivity index (χ1n) is 7.83. The van der Waals surface area contributed by atoms with Gasteiger partial charge in [-0.05, 0) is 24.6 Å². The third-order valence-electron chi connectivity index (χ3n) is 4.14. The number of hydrogen-bond acceptors (Lipinski definition) is 5. The molecule has 0 aliphatic carbocycles. The van der Waals surface area contributed by atoms with Gasteiger partial charge in [-0.25, -0.2) is 4.39 Å². The fourth-order valence-electron chi connectivity index (χ4n) is 2.88. The monoisotopic (exact) mass is 319 g/mol. The van der Waals surface area contributed by atoms with Crippen LogP contribution >= 0.6 is 0 Å². The molecule has 1 aliphatic rings. The molecule has 0 N–H and O–H groups in total. The Labute approximate surface area is 135 Å². The minimum absolute atomic E-state index is 0.293. The summed E-state index contributed by atoms with van der Waals surface area (Å²) in [7, 11) is 1.48. The summed E-state index contributed by atoms with van der Waals surface area (Å²) >= 11 is 0. The fraction of sp³-hybridized carbons (Fsp3) is 0.471. The Bertz CT molecular complexity index is 651. The number of aryl methyl sites for hydroxylation is 1. The average molecular weight is 319 g/mol. The quantitative estimate of drug-likeness (QED) is 0.847. The van der Waals surface area contributed by atoms with Crippen LogP contribution in [0.3, 0.4) is 0 Å². The number of methoxy groups -OCH3 is 1. The van der Waals surface area contributed by atoms with E-state index in [0.29, 0.717) is 5.75 Å². The zero-order valence-corrected chi connectivity index (χ0v) is 13.6. The van der Waals surface area contributed by atoms with E-state index >= 15 is 0 Å². The van der Waals surface area contributed by atoms with E-state index in [0.717, 1.165) is 56.3 Å². The molecular formula is C17H22FN3O2. The van der Waals surface area contributed by atoms with Crippen LogP contribution in [0.15, 0.2) is 28.8 Å². The molecule has 0 saturated carbocycles. The van der Waals surface area contributed by atoms with Gasteiger partial charge in [0.25, 0.3) is 0 Å². The van der Waals surface area contributed by atoms with Gasteiger partial charge in [0.15, 0.2) is 17.3 Å². The van der Waals surface area contributed by atoms with Gasteiger partial charge < -0.3 is 9.26 Å². The first kappa shape index (κ1) is 16.0. The van der Waals surface area contributed by atoms with Crippen LogP contribution in [0.5, 0.6) is 5.75 Å². The van der Waals surface area contributed by atoms with Crippen LogP contribution in [-0.4, -0.2) is 48.2 Å². The molecule has 0 amide bonds. The Morgan fingerprint density at radius 3 is 2.39 bits per heavy atom. The van der Waals surface area contributed by atoms with Crippen molar-refractivity contribution in [2.75, 3.05) is 33.3 Å². The Morgan fingerprint density at radius 1 is 1.13 bits per heavy atom. The first-order valence-corrected chi connectivity index (χ1v) is 7.83. The molecule has 23 heavy (non-hydrogen) atoms. The lowest BCUT2D eigenvalue weighted by atomic mass is 10.1. The summed E-state index contributed by atoms with van der Waals surface area (Å²) in [5, 5.41) is 3.92. The standard InChI is InChI=1S/C17H22FN3O2/c1-13-9-15(23-19-13)12-21-7-5-20(6-8-21)11-14-3-4-17(22-2)16(18)10-14/h3-4,9-10H,5-8,11-12H2,1-2H3. The van der Waals surface area contributed by atoms with E-state index < -0.39 is 0 Å². The molecule has 2 heterocycles. The third-order valence-corrected chi connectivity index (χ3v) is 4.14. The van der Waals surface area contributed by atoms with Gasteiger partial charge in [0.1, 0.15) is 0 Å². The molecule has 0 bridgehead atoms. The van der Waals surface area contributed by atoms with Crippen molar-refractivity contribution in [2.45, 2.75) is 20.0 Å². The van der Waals surface area contributed by atoms with E-state index in [2.05, 4.69) is 15.0 Å². The van der Waals surface area contributed by atoms with Gasteiger partial charge in [0, 0.05) is 38.8 Å². The molecule has 2 aromatic rings. The van der Waals surface area contributed by atoms with E-state index in [1.54, 1.807) is 12.1 Å². The summed E-state index contributed by atoms with van der Waals surface area (Å²) in [5.41, 5.74) is 1.89. The molecular weight excluding hydrogens is 297 g/mol. The molecule has 6 heteroatoms. The Morgan fingerprint density at radius 2 is 1.83 bits per heavy atom. The molecule has 3 rings (SSSR count). The largest absolute Gasteiger partial charge is 0.494 e. The van der Waals surface area contributed by atoms with E-state index in [4.69, 9.17) is 9.26 Å². The van der Waals surface area contributed by atoms with Gasteiger partial charge in [-0.3, -0.25) is 9.80 Å². The molecule has 1 fully saturated rings. The molecule has 5 nitrogen and oxygen atoms in total. The molecule has 1 aromatic carbocycles. The van der Waals surface area contributed by atoms with Gasteiger partial charge in [-0.15, -0.1) is 0 Å². The van der Waals surface area contributed by atoms with Gasteiger partial charge >= 0.3 is 0 Å². The highest BCUT2D eigenvalue weighted by Gasteiger charge is 2.18. The second-order valence-corrected chi connectivity index (χ2v) is 5.96. The predicted octanol–water partition coefficient (Wildman–Crippen LogP) is 2.45. The number of rotatable bonds is 5. The fourth-order valence-corrected chi connectivity index (χ4v) is 2.88. The lowest BCUT2D eigenvalue weighted by Gasteiger charge is -2.34. The zero-order chi connectivity index (χ0) is 16.2.